The number of hydrogen-bond donors (Lipinski definition) is 0. The van der Waals surface area contributed by atoms with Crippen molar-refractivity contribution >= 4 is 0 Å². The Kier molecular flexibility index (Phi) is 3.25. The molecule has 1 heterocycles. The van der Waals surface area contributed by atoms with Crippen molar-refractivity contribution in [3.8, 4) is 22.6 Å². The molecule has 2 aromatic carbocycles. The highest BCUT2D eigenvalue weighted by molar-refractivity contribution is 5.66. The molecular formula is C17H16N2O. The molecule has 0 saturated heterocycles. The van der Waals surface area contributed by atoms with Gasteiger partial charge in [-0.15, -0.1) is 0 Å². The van der Waals surface area contributed by atoms with E-state index in [9.17, 15) is 0 Å². The smallest absolute Gasteiger partial charge is 0.119 e. The number of hydrogen-bond acceptors (Lipinski definition) is 2. The first-order chi connectivity index (χ1) is 9.78. The van der Waals surface area contributed by atoms with E-state index >= 15 is 0 Å². The van der Waals surface area contributed by atoms with Gasteiger partial charge in [-0.2, -0.15) is 5.10 Å². The van der Waals surface area contributed by atoms with Crippen LogP contribution in [0, 0.1) is 6.92 Å². The van der Waals surface area contributed by atoms with Gasteiger partial charge < -0.3 is 4.74 Å². The topological polar surface area (TPSA) is 27.1 Å². The fraction of sp³-hybridized carbons (Fsp3) is 0.118. The molecule has 3 rings (SSSR count). The number of nitrogens with zero attached hydrogens (tertiary/aromatic N) is 2. The first-order valence-electron chi connectivity index (χ1n) is 6.53. The second-order valence-corrected chi connectivity index (χ2v) is 4.69. The zero-order valence-corrected chi connectivity index (χ0v) is 11.6. The molecule has 0 bridgehead atoms. The summed E-state index contributed by atoms with van der Waals surface area (Å²) in [5.74, 6) is 0.847. The molecule has 1 aromatic heterocycles. The summed E-state index contributed by atoms with van der Waals surface area (Å²) in [4.78, 5) is 0. The van der Waals surface area contributed by atoms with Crippen molar-refractivity contribution in [1.82, 2.24) is 9.78 Å². The van der Waals surface area contributed by atoms with Gasteiger partial charge in [-0.1, -0.05) is 24.3 Å². The summed E-state index contributed by atoms with van der Waals surface area (Å²) in [7, 11) is 1.67. The van der Waals surface area contributed by atoms with Crippen molar-refractivity contribution < 1.29 is 4.74 Å². The molecule has 3 heteroatoms. The van der Waals surface area contributed by atoms with Gasteiger partial charge in [0.15, 0.2) is 0 Å². The van der Waals surface area contributed by atoms with Crippen molar-refractivity contribution in [3.05, 3.63) is 66.5 Å². The van der Waals surface area contributed by atoms with E-state index in [0.29, 0.717) is 0 Å². The minimum atomic E-state index is 0.847. The average molecular weight is 264 g/mol. The zero-order valence-electron chi connectivity index (χ0n) is 11.6. The quantitative estimate of drug-likeness (QED) is 0.718. The highest BCUT2D eigenvalue weighted by atomic mass is 16.5. The van der Waals surface area contributed by atoms with E-state index in [4.69, 9.17) is 4.74 Å². The summed E-state index contributed by atoms with van der Waals surface area (Å²) in [6, 6.07) is 16.2. The second-order valence-electron chi connectivity index (χ2n) is 4.69. The summed E-state index contributed by atoms with van der Waals surface area (Å²) in [5, 5.41) is 4.44. The third-order valence-electron chi connectivity index (χ3n) is 3.38. The molecule has 0 N–H and O–H groups in total. The van der Waals surface area contributed by atoms with Crippen LogP contribution in [-0.2, 0) is 0 Å². The van der Waals surface area contributed by atoms with E-state index < -0.39 is 0 Å². The van der Waals surface area contributed by atoms with Crippen LogP contribution in [0.4, 0.5) is 0 Å². The van der Waals surface area contributed by atoms with Crippen LogP contribution in [-0.4, -0.2) is 16.9 Å². The number of methoxy groups -OCH3 is 1. The Morgan fingerprint density at radius 1 is 1.00 bits per heavy atom. The Morgan fingerprint density at radius 3 is 2.45 bits per heavy atom. The number of benzene rings is 2. The fourth-order valence-corrected chi connectivity index (χ4v) is 2.23. The Balaban J connectivity index is 1.95. The Morgan fingerprint density at radius 2 is 1.75 bits per heavy atom. The molecule has 0 aliphatic carbocycles. The molecule has 0 saturated carbocycles. The maximum absolute atomic E-state index is 5.17. The lowest BCUT2D eigenvalue weighted by atomic mass is 10.0. The fourth-order valence-electron chi connectivity index (χ4n) is 2.23. The molecule has 0 spiro atoms. The van der Waals surface area contributed by atoms with Crippen molar-refractivity contribution in [2.75, 3.05) is 7.11 Å². The number of aromatic nitrogens is 2. The maximum atomic E-state index is 5.17. The summed E-state index contributed by atoms with van der Waals surface area (Å²) >= 11 is 0. The van der Waals surface area contributed by atoms with E-state index in [1.165, 1.54) is 11.1 Å². The van der Waals surface area contributed by atoms with Crippen LogP contribution in [0.1, 0.15) is 5.56 Å². The SMILES string of the molecule is COc1ccc(-n2cc(-c3ccccc3C)cn2)cc1. The minimum absolute atomic E-state index is 0.847. The molecule has 20 heavy (non-hydrogen) atoms. The normalized spacial score (nSPS) is 10.5. The first-order valence-corrected chi connectivity index (χ1v) is 6.53. The molecule has 0 aliphatic heterocycles. The molecule has 0 aliphatic rings. The summed E-state index contributed by atoms with van der Waals surface area (Å²) in [6.45, 7) is 2.11. The number of ether oxygens (including phenoxy) is 1. The van der Waals surface area contributed by atoms with Crippen molar-refractivity contribution in [1.29, 1.82) is 0 Å². The van der Waals surface area contributed by atoms with E-state index in [2.05, 4.69) is 24.2 Å². The first kappa shape index (κ1) is 12.5. The van der Waals surface area contributed by atoms with Gasteiger partial charge in [0.25, 0.3) is 0 Å². The average Bonchev–Trinajstić information content (AvgIpc) is 2.97. The van der Waals surface area contributed by atoms with Crippen molar-refractivity contribution in [2.24, 2.45) is 0 Å². The molecule has 100 valence electrons. The van der Waals surface area contributed by atoms with Gasteiger partial charge >= 0.3 is 0 Å². The highest BCUT2D eigenvalue weighted by Gasteiger charge is 2.05. The predicted molar refractivity (Wildman–Crippen MR) is 80.3 cm³/mol. The van der Waals surface area contributed by atoms with Gasteiger partial charge in [0, 0.05) is 11.8 Å². The largest absolute Gasteiger partial charge is 0.497 e. The van der Waals surface area contributed by atoms with Crippen LogP contribution >= 0.6 is 0 Å². The Bertz CT molecular complexity index is 714. The Labute approximate surface area is 118 Å². The van der Waals surface area contributed by atoms with Crippen LogP contribution in [0.5, 0.6) is 5.75 Å². The van der Waals surface area contributed by atoms with E-state index in [1.807, 2.05) is 53.5 Å². The maximum Gasteiger partial charge on any atom is 0.119 e. The van der Waals surface area contributed by atoms with E-state index in [-0.39, 0.29) is 0 Å². The van der Waals surface area contributed by atoms with Gasteiger partial charge in [0.05, 0.1) is 19.0 Å². The lowest BCUT2D eigenvalue weighted by Crippen LogP contribution is -1.93. The monoisotopic (exact) mass is 264 g/mol. The lowest BCUT2D eigenvalue weighted by Gasteiger charge is -2.03. The van der Waals surface area contributed by atoms with Gasteiger partial charge in [0.1, 0.15) is 5.75 Å². The van der Waals surface area contributed by atoms with Gasteiger partial charge in [-0.05, 0) is 42.3 Å². The van der Waals surface area contributed by atoms with Crippen molar-refractivity contribution in [3.63, 3.8) is 0 Å². The molecule has 0 atom stereocenters. The third-order valence-corrected chi connectivity index (χ3v) is 3.38. The molecule has 0 amide bonds. The predicted octanol–water partition coefficient (Wildman–Crippen LogP) is 3.86. The molecule has 3 nitrogen and oxygen atoms in total. The third kappa shape index (κ3) is 2.30. The molecule has 0 fully saturated rings. The van der Waals surface area contributed by atoms with Gasteiger partial charge in [-0.25, -0.2) is 4.68 Å². The van der Waals surface area contributed by atoms with E-state index in [1.54, 1.807) is 7.11 Å². The van der Waals surface area contributed by atoms with Gasteiger partial charge in [-0.3, -0.25) is 0 Å². The van der Waals surface area contributed by atoms with Crippen LogP contribution in [0.2, 0.25) is 0 Å². The molecule has 0 radical (unpaired) electrons. The summed E-state index contributed by atoms with van der Waals surface area (Å²) < 4.78 is 7.04. The molecular weight excluding hydrogens is 248 g/mol. The van der Waals surface area contributed by atoms with Crippen LogP contribution in [0.3, 0.4) is 0 Å². The van der Waals surface area contributed by atoms with Crippen LogP contribution < -0.4 is 4.74 Å². The zero-order chi connectivity index (χ0) is 13.9. The Hall–Kier alpha value is -2.55. The van der Waals surface area contributed by atoms with Crippen LogP contribution in [0.15, 0.2) is 60.9 Å². The minimum Gasteiger partial charge on any atom is -0.497 e. The standard InChI is InChI=1S/C17H16N2O/c1-13-5-3-4-6-17(13)14-11-18-19(12-14)15-7-9-16(20-2)10-8-15/h3-12H,1-2H3. The lowest BCUT2D eigenvalue weighted by molar-refractivity contribution is 0.414. The number of rotatable bonds is 3. The molecule has 0 unspecified atom stereocenters. The van der Waals surface area contributed by atoms with Crippen molar-refractivity contribution in [2.45, 2.75) is 6.92 Å². The summed E-state index contributed by atoms with van der Waals surface area (Å²) in [5.41, 5.74) is 4.61. The highest BCUT2D eigenvalue weighted by Crippen LogP contribution is 2.23. The van der Waals surface area contributed by atoms with E-state index in [0.717, 1.165) is 17.0 Å². The summed E-state index contributed by atoms with van der Waals surface area (Å²) in [6.07, 6.45) is 3.94. The molecule has 3 aromatic rings. The van der Waals surface area contributed by atoms with Crippen LogP contribution in [0.25, 0.3) is 16.8 Å². The second kappa shape index (κ2) is 5.21. The van der Waals surface area contributed by atoms with Gasteiger partial charge in [0.2, 0.25) is 0 Å². The number of aryl methyl sites for hydroxylation is 1.